The number of aryl methyl sites for hydroxylation is 1. The van der Waals surface area contributed by atoms with Crippen molar-refractivity contribution in [3.63, 3.8) is 0 Å². The largest absolute Gasteiger partial charge is 0.311 e. The lowest BCUT2D eigenvalue weighted by Gasteiger charge is -2.24. The summed E-state index contributed by atoms with van der Waals surface area (Å²) in [5.41, 5.74) is 2.17. The molecule has 0 spiro atoms. The van der Waals surface area contributed by atoms with Crippen LogP contribution in [0.5, 0.6) is 0 Å². The summed E-state index contributed by atoms with van der Waals surface area (Å²) < 4.78 is 0. The van der Waals surface area contributed by atoms with E-state index in [1.165, 1.54) is 0 Å². The van der Waals surface area contributed by atoms with Gasteiger partial charge in [0.2, 0.25) is 5.91 Å². The lowest BCUT2D eigenvalue weighted by molar-refractivity contribution is -0.118. The first-order valence-electron chi connectivity index (χ1n) is 7.95. The van der Waals surface area contributed by atoms with Gasteiger partial charge in [0.1, 0.15) is 6.54 Å². The molecule has 5 nitrogen and oxygen atoms in total. The monoisotopic (exact) mass is 356 g/mol. The fraction of sp³-hybridized carbons (Fsp3) is 0.211. The third-order valence-corrected chi connectivity index (χ3v) is 4.49. The number of likely N-dealkylation sites (N-methyl/N-ethyl adjacent to an activating group) is 1. The van der Waals surface area contributed by atoms with E-state index in [0.717, 1.165) is 16.2 Å². The lowest BCUT2D eigenvalue weighted by Crippen LogP contribution is -2.42. The number of rotatable bonds is 4. The van der Waals surface area contributed by atoms with Crippen LogP contribution in [0.2, 0.25) is 5.02 Å². The molecule has 1 aliphatic rings. The Balaban J connectivity index is 1.85. The van der Waals surface area contributed by atoms with Crippen LogP contribution in [0.25, 0.3) is 0 Å². The van der Waals surface area contributed by atoms with Crippen molar-refractivity contribution in [2.24, 2.45) is 0 Å². The van der Waals surface area contributed by atoms with Crippen LogP contribution in [0.4, 0.5) is 5.69 Å². The minimum Gasteiger partial charge on any atom is -0.311 e. The van der Waals surface area contributed by atoms with Gasteiger partial charge in [-0.05, 0) is 43.7 Å². The highest BCUT2D eigenvalue weighted by Gasteiger charge is 2.38. The average Bonchev–Trinajstić information content (AvgIpc) is 2.82. The first kappa shape index (κ1) is 17.2. The number of nitrogens with zero attached hydrogens (tertiary/aromatic N) is 2. The summed E-state index contributed by atoms with van der Waals surface area (Å²) in [6.45, 7) is 3.91. The summed E-state index contributed by atoms with van der Waals surface area (Å²) in [5.74, 6) is -1.34. The van der Waals surface area contributed by atoms with Crippen LogP contribution in [0, 0.1) is 6.92 Å². The summed E-state index contributed by atoms with van der Waals surface area (Å²) in [6.07, 6.45) is 0. The fourth-order valence-electron chi connectivity index (χ4n) is 2.96. The predicted molar refractivity (Wildman–Crippen MR) is 96.0 cm³/mol. The second-order valence-electron chi connectivity index (χ2n) is 5.84. The van der Waals surface area contributed by atoms with Crippen LogP contribution in [-0.2, 0) is 4.79 Å². The third kappa shape index (κ3) is 3.03. The summed E-state index contributed by atoms with van der Waals surface area (Å²) in [7, 11) is 0. The second kappa shape index (κ2) is 6.69. The van der Waals surface area contributed by atoms with Gasteiger partial charge in [-0.25, -0.2) is 0 Å². The standard InChI is InChI=1S/C19H17ClN2O3/c1-3-21(13-7-4-6-12(2)10-13)16(23)11-22-18(24)14-8-5-9-15(20)17(14)19(22)25/h4-10H,3,11H2,1-2H3. The van der Waals surface area contributed by atoms with E-state index in [1.807, 2.05) is 38.1 Å². The molecule has 0 fully saturated rings. The van der Waals surface area contributed by atoms with Crippen molar-refractivity contribution in [3.8, 4) is 0 Å². The minimum absolute atomic E-state index is 0.167. The molecule has 0 atom stereocenters. The van der Waals surface area contributed by atoms with Gasteiger partial charge in [0.15, 0.2) is 0 Å². The molecule has 6 heteroatoms. The van der Waals surface area contributed by atoms with Crippen molar-refractivity contribution >= 4 is 35.0 Å². The number of carbonyl (C=O) groups is 3. The minimum atomic E-state index is -0.528. The zero-order chi connectivity index (χ0) is 18.1. The maximum absolute atomic E-state index is 12.7. The van der Waals surface area contributed by atoms with Gasteiger partial charge in [-0.15, -0.1) is 0 Å². The highest BCUT2D eigenvalue weighted by Crippen LogP contribution is 2.29. The van der Waals surface area contributed by atoms with Crippen LogP contribution in [0.15, 0.2) is 42.5 Å². The molecule has 128 valence electrons. The Hall–Kier alpha value is -2.66. The van der Waals surface area contributed by atoms with Crippen LogP contribution in [0.3, 0.4) is 0 Å². The van der Waals surface area contributed by atoms with E-state index in [9.17, 15) is 14.4 Å². The SMILES string of the molecule is CCN(C(=O)CN1C(=O)c2cccc(Cl)c2C1=O)c1cccc(C)c1. The maximum Gasteiger partial charge on any atom is 0.263 e. The summed E-state index contributed by atoms with van der Waals surface area (Å²) >= 11 is 6.04. The molecule has 0 saturated carbocycles. The lowest BCUT2D eigenvalue weighted by atomic mass is 10.1. The average molecular weight is 357 g/mol. The molecule has 1 aliphatic heterocycles. The quantitative estimate of drug-likeness (QED) is 0.790. The van der Waals surface area contributed by atoms with Gasteiger partial charge in [-0.3, -0.25) is 19.3 Å². The van der Waals surface area contributed by atoms with E-state index in [-0.39, 0.29) is 28.6 Å². The molecule has 0 unspecified atom stereocenters. The maximum atomic E-state index is 12.7. The van der Waals surface area contributed by atoms with Crippen LogP contribution in [-0.4, -0.2) is 35.7 Å². The van der Waals surface area contributed by atoms with Crippen LogP contribution >= 0.6 is 11.6 Å². The van der Waals surface area contributed by atoms with Gasteiger partial charge < -0.3 is 4.90 Å². The Kier molecular flexibility index (Phi) is 4.59. The van der Waals surface area contributed by atoms with E-state index in [0.29, 0.717) is 6.54 Å². The number of halogens is 1. The number of carbonyl (C=O) groups excluding carboxylic acids is 3. The molecular formula is C19H17ClN2O3. The van der Waals surface area contributed by atoms with Crippen molar-refractivity contribution in [2.45, 2.75) is 13.8 Å². The van der Waals surface area contributed by atoms with E-state index in [4.69, 9.17) is 11.6 Å². The number of amides is 3. The normalized spacial score (nSPS) is 13.2. The summed E-state index contributed by atoms with van der Waals surface area (Å²) in [4.78, 5) is 40.2. The highest BCUT2D eigenvalue weighted by atomic mass is 35.5. The first-order valence-corrected chi connectivity index (χ1v) is 8.33. The molecule has 0 aromatic heterocycles. The van der Waals surface area contributed by atoms with Crippen molar-refractivity contribution in [2.75, 3.05) is 18.0 Å². The van der Waals surface area contributed by atoms with Crippen molar-refractivity contribution in [1.82, 2.24) is 4.90 Å². The van der Waals surface area contributed by atoms with Gasteiger partial charge in [0.25, 0.3) is 11.8 Å². The van der Waals surface area contributed by atoms with Crippen molar-refractivity contribution < 1.29 is 14.4 Å². The Bertz CT molecular complexity index is 879. The van der Waals surface area contributed by atoms with E-state index in [2.05, 4.69) is 0 Å². The molecule has 0 aliphatic carbocycles. The Labute approximate surface area is 150 Å². The molecule has 2 aromatic carbocycles. The van der Waals surface area contributed by atoms with Gasteiger partial charge in [0.05, 0.1) is 16.1 Å². The van der Waals surface area contributed by atoms with E-state index < -0.39 is 11.8 Å². The van der Waals surface area contributed by atoms with Gasteiger partial charge in [-0.1, -0.05) is 29.8 Å². The molecule has 0 bridgehead atoms. The summed E-state index contributed by atoms with van der Waals surface area (Å²) in [6, 6.07) is 12.2. The molecular weight excluding hydrogens is 340 g/mol. The first-order chi connectivity index (χ1) is 11.9. The van der Waals surface area contributed by atoms with Crippen LogP contribution < -0.4 is 4.90 Å². The zero-order valence-electron chi connectivity index (χ0n) is 14.0. The Morgan fingerprint density at radius 2 is 1.84 bits per heavy atom. The molecule has 0 radical (unpaired) electrons. The topological polar surface area (TPSA) is 57.7 Å². The number of hydrogen-bond acceptors (Lipinski definition) is 3. The Morgan fingerprint density at radius 1 is 1.12 bits per heavy atom. The third-order valence-electron chi connectivity index (χ3n) is 4.17. The molecule has 3 rings (SSSR count). The van der Waals surface area contributed by atoms with E-state index >= 15 is 0 Å². The van der Waals surface area contributed by atoms with E-state index in [1.54, 1.807) is 23.1 Å². The van der Waals surface area contributed by atoms with Gasteiger partial charge >= 0.3 is 0 Å². The number of anilines is 1. The second-order valence-corrected chi connectivity index (χ2v) is 6.24. The molecule has 0 saturated heterocycles. The van der Waals surface area contributed by atoms with Crippen LogP contribution in [0.1, 0.15) is 33.2 Å². The Morgan fingerprint density at radius 3 is 2.48 bits per heavy atom. The fourth-order valence-corrected chi connectivity index (χ4v) is 3.21. The zero-order valence-corrected chi connectivity index (χ0v) is 14.7. The smallest absolute Gasteiger partial charge is 0.263 e. The summed E-state index contributed by atoms with van der Waals surface area (Å²) in [5, 5.41) is 0.219. The molecule has 2 aromatic rings. The number of hydrogen-bond donors (Lipinski definition) is 0. The highest BCUT2D eigenvalue weighted by molar-refractivity contribution is 6.37. The van der Waals surface area contributed by atoms with Gasteiger partial charge in [-0.2, -0.15) is 0 Å². The molecule has 25 heavy (non-hydrogen) atoms. The molecule has 0 N–H and O–H groups in total. The predicted octanol–water partition coefficient (Wildman–Crippen LogP) is 3.30. The van der Waals surface area contributed by atoms with Crippen molar-refractivity contribution in [1.29, 1.82) is 0 Å². The number of benzene rings is 2. The number of imide groups is 1. The van der Waals surface area contributed by atoms with Crippen molar-refractivity contribution in [3.05, 3.63) is 64.2 Å². The van der Waals surface area contributed by atoms with Gasteiger partial charge in [0, 0.05) is 12.2 Å². The number of fused-ring (bicyclic) bond motifs is 1. The molecule has 1 heterocycles. The molecule has 3 amide bonds.